The summed E-state index contributed by atoms with van der Waals surface area (Å²) in [5.41, 5.74) is 2.02. The van der Waals surface area contributed by atoms with E-state index in [1.807, 2.05) is 0 Å². The first kappa shape index (κ1) is 27.2. The predicted octanol–water partition coefficient (Wildman–Crippen LogP) is 6.51. The zero-order chi connectivity index (χ0) is 28.1. The number of ketones is 1. The van der Waals surface area contributed by atoms with Gasteiger partial charge in [-0.1, -0.05) is 23.8 Å². The van der Waals surface area contributed by atoms with Crippen molar-refractivity contribution in [2.45, 2.75) is 51.4 Å². The van der Waals surface area contributed by atoms with Crippen LogP contribution < -0.4 is 0 Å². The number of likely N-dealkylation sites (tertiary alicyclic amines) is 2. The molecule has 2 fully saturated rings. The molecule has 2 amide bonds. The number of alkyl halides is 3. The van der Waals surface area contributed by atoms with Gasteiger partial charge in [0.05, 0.1) is 17.6 Å². The Hall–Kier alpha value is -3.36. The number of carbonyl (C=O) groups is 2. The van der Waals surface area contributed by atoms with Crippen molar-refractivity contribution < 1.29 is 27.2 Å². The van der Waals surface area contributed by atoms with Crippen LogP contribution >= 0.6 is 0 Å². The zero-order valence-corrected chi connectivity index (χ0v) is 22.3. The Kier molecular flexibility index (Phi) is 7.20. The molecule has 2 aromatic rings. The molecule has 2 aliphatic heterocycles. The Bertz CT molecular complexity index is 1290. The van der Waals surface area contributed by atoms with Crippen molar-refractivity contribution in [2.75, 3.05) is 26.7 Å². The second-order valence-corrected chi connectivity index (χ2v) is 11.1. The molecule has 0 spiro atoms. The molecule has 2 heterocycles. The molecule has 4 atom stereocenters. The second kappa shape index (κ2) is 10.3. The average molecular weight is 544 g/mol. The highest BCUT2D eigenvalue weighted by Crippen LogP contribution is 2.46. The van der Waals surface area contributed by atoms with Gasteiger partial charge in [0, 0.05) is 50.8 Å². The van der Waals surface area contributed by atoms with Crippen LogP contribution in [0.4, 0.5) is 22.4 Å². The van der Waals surface area contributed by atoms with Crippen molar-refractivity contribution in [3.8, 4) is 0 Å². The van der Waals surface area contributed by atoms with E-state index in [0.717, 1.165) is 42.8 Å². The van der Waals surface area contributed by atoms with Gasteiger partial charge in [-0.25, -0.2) is 9.18 Å². The van der Waals surface area contributed by atoms with Crippen LogP contribution in [0.25, 0.3) is 0 Å². The van der Waals surface area contributed by atoms with Gasteiger partial charge < -0.3 is 14.7 Å². The Labute approximate surface area is 226 Å². The monoisotopic (exact) mass is 543 g/mol. The van der Waals surface area contributed by atoms with Gasteiger partial charge in [0.2, 0.25) is 0 Å². The van der Waals surface area contributed by atoms with Gasteiger partial charge in [-0.05, 0) is 68.0 Å². The molecule has 9 heteroatoms. The van der Waals surface area contributed by atoms with E-state index in [-0.39, 0.29) is 29.6 Å². The van der Waals surface area contributed by atoms with Crippen LogP contribution in [0, 0.1) is 24.6 Å². The largest absolute Gasteiger partial charge is 0.416 e. The molecule has 208 valence electrons. The molecule has 1 aliphatic carbocycles. The molecule has 5 nitrogen and oxygen atoms in total. The molecular formula is C30H33F4N3O2. The van der Waals surface area contributed by atoms with Crippen LogP contribution in [0.5, 0.6) is 0 Å². The van der Waals surface area contributed by atoms with Crippen molar-refractivity contribution >= 4 is 11.8 Å². The normalized spacial score (nSPS) is 24.0. The molecule has 0 aromatic heterocycles. The molecule has 0 N–H and O–H groups in total. The number of fused-ring (bicyclic) bond motifs is 1. The Balaban J connectivity index is 1.43. The van der Waals surface area contributed by atoms with E-state index in [1.165, 1.54) is 17.0 Å². The predicted molar refractivity (Wildman–Crippen MR) is 139 cm³/mol. The topological polar surface area (TPSA) is 43.9 Å². The lowest BCUT2D eigenvalue weighted by atomic mass is 9.79. The molecule has 5 rings (SSSR count). The Morgan fingerprint density at radius 3 is 2.44 bits per heavy atom. The van der Waals surface area contributed by atoms with Gasteiger partial charge in [-0.2, -0.15) is 13.2 Å². The third kappa shape index (κ3) is 5.40. The number of aryl methyl sites for hydroxylation is 1. The maximum Gasteiger partial charge on any atom is 0.416 e. The average Bonchev–Trinajstić information content (AvgIpc) is 3.52. The summed E-state index contributed by atoms with van der Waals surface area (Å²) in [7, 11) is 1.62. The smallest absolute Gasteiger partial charge is 0.374 e. The summed E-state index contributed by atoms with van der Waals surface area (Å²) in [6, 6.07) is 8.90. The lowest BCUT2D eigenvalue weighted by Crippen LogP contribution is -2.50. The fraction of sp³-hybridized carbons (Fsp3) is 0.467. The highest BCUT2D eigenvalue weighted by Gasteiger charge is 2.47. The third-order valence-electron chi connectivity index (χ3n) is 8.58. The van der Waals surface area contributed by atoms with Gasteiger partial charge in [0.25, 0.3) is 0 Å². The molecule has 2 unspecified atom stereocenters. The first-order chi connectivity index (χ1) is 18.4. The van der Waals surface area contributed by atoms with Gasteiger partial charge >= 0.3 is 12.2 Å². The molecule has 39 heavy (non-hydrogen) atoms. The van der Waals surface area contributed by atoms with E-state index in [0.29, 0.717) is 36.6 Å². The first-order valence-corrected chi connectivity index (χ1v) is 13.4. The maximum absolute atomic E-state index is 14.0. The van der Waals surface area contributed by atoms with E-state index in [9.17, 15) is 27.2 Å². The zero-order valence-electron chi connectivity index (χ0n) is 22.3. The summed E-state index contributed by atoms with van der Waals surface area (Å²) < 4.78 is 54.3. The van der Waals surface area contributed by atoms with E-state index >= 15 is 0 Å². The number of rotatable bonds is 4. The standard InChI is InChI=1S/C30H33F4N3O2/c1-18-12-22(14-23(13-18)30(32,33)34)19(2)35(3)29(39)37-11-10-21-16-36(25-8-9-26(38)15-25)17-27(21)28(37)20-4-6-24(31)7-5-20/h4-7,12-15,19,21,27-28H,8-11,16-17H2,1-3H3/t19?,21-,27?,28+/m1/s1. The fourth-order valence-corrected chi connectivity index (χ4v) is 6.41. The van der Waals surface area contributed by atoms with E-state index < -0.39 is 17.8 Å². The van der Waals surface area contributed by atoms with Crippen molar-refractivity contribution in [2.24, 2.45) is 11.8 Å². The fourth-order valence-electron chi connectivity index (χ4n) is 6.41. The molecule has 2 aromatic carbocycles. The minimum atomic E-state index is -4.48. The molecule has 3 aliphatic rings. The molecule has 0 radical (unpaired) electrons. The van der Waals surface area contributed by atoms with Crippen molar-refractivity contribution in [3.63, 3.8) is 0 Å². The van der Waals surface area contributed by atoms with Gasteiger partial charge in [0.1, 0.15) is 5.82 Å². The number of allylic oxidation sites excluding steroid dienone is 2. The van der Waals surface area contributed by atoms with Crippen molar-refractivity contribution in [3.05, 3.63) is 82.3 Å². The first-order valence-electron chi connectivity index (χ1n) is 13.4. The lowest BCUT2D eigenvalue weighted by molar-refractivity contribution is -0.137. The summed E-state index contributed by atoms with van der Waals surface area (Å²) in [4.78, 5) is 31.4. The van der Waals surface area contributed by atoms with Crippen LogP contribution in [-0.2, 0) is 11.0 Å². The number of hydrogen-bond acceptors (Lipinski definition) is 3. The number of nitrogens with zero attached hydrogens (tertiary/aromatic N) is 3. The van der Waals surface area contributed by atoms with E-state index in [2.05, 4.69) is 4.90 Å². The number of amides is 2. The minimum Gasteiger partial charge on any atom is -0.374 e. The van der Waals surface area contributed by atoms with Gasteiger partial charge in [0.15, 0.2) is 5.78 Å². The van der Waals surface area contributed by atoms with Crippen molar-refractivity contribution in [1.29, 1.82) is 0 Å². The van der Waals surface area contributed by atoms with E-state index in [4.69, 9.17) is 0 Å². The van der Waals surface area contributed by atoms with Crippen molar-refractivity contribution in [1.82, 2.24) is 14.7 Å². The number of carbonyl (C=O) groups excluding carboxylic acids is 2. The minimum absolute atomic E-state index is 0.0734. The van der Waals surface area contributed by atoms with Crippen LogP contribution in [0.1, 0.15) is 60.5 Å². The van der Waals surface area contributed by atoms with Crippen LogP contribution in [0.2, 0.25) is 0 Å². The maximum atomic E-state index is 14.0. The van der Waals surface area contributed by atoms with Crippen LogP contribution in [0.15, 0.2) is 54.2 Å². The molecule has 0 saturated carbocycles. The highest BCUT2D eigenvalue weighted by molar-refractivity contribution is 5.92. The molecular weight excluding hydrogens is 510 g/mol. The van der Waals surface area contributed by atoms with Crippen LogP contribution in [0.3, 0.4) is 0 Å². The molecule has 2 saturated heterocycles. The number of piperidine rings is 1. The quantitative estimate of drug-likeness (QED) is 0.413. The highest BCUT2D eigenvalue weighted by atomic mass is 19.4. The SMILES string of the molecule is Cc1cc(C(C)N(C)C(=O)N2CC[C@@H]3CN(C4=CC(=O)CC4)CC3[C@@H]2c2ccc(F)cc2)cc(C(F)(F)F)c1. The summed E-state index contributed by atoms with van der Waals surface area (Å²) >= 11 is 0. The lowest BCUT2D eigenvalue weighted by Gasteiger charge is -2.45. The van der Waals surface area contributed by atoms with Gasteiger partial charge in [-0.15, -0.1) is 0 Å². The molecule has 0 bridgehead atoms. The van der Waals surface area contributed by atoms with E-state index in [1.54, 1.807) is 50.1 Å². The summed E-state index contributed by atoms with van der Waals surface area (Å²) in [6.07, 6.45) is -0.744. The second-order valence-electron chi connectivity index (χ2n) is 11.1. The third-order valence-corrected chi connectivity index (χ3v) is 8.58. The summed E-state index contributed by atoms with van der Waals surface area (Å²) in [5.74, 6) is 0.142. The summed E-state index contributed by atoms with van der Waals surface area (Å²) in [6.45, 7) is 5.31. The van der Waals surface area contributed by atoms with Gasteiger partial charge in [-0.3, -0.25) is 4.79 Å². The number of hydrogen-bond donors (Lipinski definition) is 0. The Morgan fingerprint density at radius 2 is 1.79 bits per heavy atom. The Morgan fingerprint density at radius 1 is 1.08 bits per heavy atom. The number of urea groups is 1. The number of halogens is 4. The number of benzene rings is 2. The summed E-state index contributed by atoms with van der Waals surface area (Å²) in [5, 5.41) is 0. The van der Waals surface area contributed by atoms with Crippen LogP contribution in [-0.4, -0.2) is 53.2 Å².